The van der Waals surface area contributed by atoms with E-state index in [2.05, 4.69) is 20.8 Å². The van der Waals surface area contributed by atoms with E-state index in [4.69, 9.17) is 4.74 Å². The first kappa shape index (κ1) is 19.6. The smallest absolute Gasteiger partial charge is 0.433 e. The van der Waals surface area contributed by atoms with Crippen LogP contribution in [0.3, 0.4) is 0 Å². The summed E-state index contributed by atoms with van der Waals surface area (Å²) >= 11 is 1.53. The first-order valence-corrected chi connectivity index (χ1v) is 9.43. The summed E-state index contributed by atoms with van der Waals surface area (Å²) in [5, 5.41) is 13.3. The number of hydrogen-bond donors (Lipinski definition) is 1. The van der Waals surface area contributed by atoms with E-state index in [-0.39, 0.29) is 18.1 Å². The SMILES string of the molecule is C=C(O)Cc1csc2cc(OCc3ccc(C(F)(F)F)nc3C)cc(P)c12. The van der Waals surface area contributed by atoms with Crippen molar-refractivity contribution >= 4 is 36.0 Å². The van der Waals surface area contributed by atoms with Crippen molar-refractivity contribution in [3.05, 3.63) is 64.5 Å². The molecular formula is C19H17F3NO2PS. The van der Waals surface area contributed by atoms with Gasteiger partial charge in [0.05, 0.1) is 5.76 Å². The molecule has 0 fully saturated rings. The Labute approximate surface area is 160 Å². The quantitative estimate of drug-likeness (QED) is 0.457. The molecule has 2 heterocycles. The van der Waals surface area contributed by atoms with Crippen LogP contribution in [-0.4, -0.2) is 10.1 Å². The molecule has 1 aromatic carbocycles. The molecule has 0 aliphatic carbocycles. The van der Waals surface area contributed by atoms with Gasteiger partial charge in [-0.2, -0.15) is 13.2 Å². The number of aliphatic hydroxyl groups excluding tert-OH is 1. The zero-order valence-corrected chi connectivity index (χ0v) is 16.4. The Bertz CT molecular complexity index is 1010. The van der Waals surface area contributed by atoms with Gasteiger partial charge in [0.15, 0.2) is 0 Å². The van der Waals surface area contributed by atoms with Crippen molar-refractivity contribution in [1.29, 1.82) is 0 Å². The molecule has 27 heavy (non-hydrogen) atoms. The Kier molecular flexibility index (Phi) is 5.45. The number of halogens is 3. The van der Waals surface area contributed by atoms with Crippen LogP contribution in [0.5, 0.6) is 5.75 Å². The standard InChI is InChI=1S/C19H17F3NO2PS/c1-10(24)5-13-9-27-16-7-14(6-15(26)18(13)16)25-8-12-3-4-17(19(20,21)22)23-11(12)2/h3-4,6-7,9,24H,1,5,8,26H2,2H3. The first-order valence-electron chi connectivity index (χ1n) is 7.98. The summed E-state index contributed by atoms with van der Waals surface area (Å²) in [5.41, 5.74) is 0.963. The van der Waals surface area contributed by atoms with Gasteiger partial charge in [0.2, 0.25) is 0 Å². The lowest BCUT2D eigenvalue weighted by atomic mass is 10.1. The number of rotatable bonds is 5. The molecule has 0 aliphatic heterocycles. The molecule has 2 aromatic heterocycles. The third-order valence-corrected chi connectivity index (χ3v) is 5.46. The summed E-state index contributed by atoms with van der Waals surface area (Å²) in [6, 6.07) is 6.07. The van der Waals surface area contributed by atoms with Crippen molar-refractivity contribution in [2.75, 3.05) is 0 Å². The van der Waals surface area contributed by atoms with E-state index in [1.54, 1.807) is 0 Å². The van der Waals surface area contributed by atoms with Crippen LogP contribution in [-0.2, 0) is 19.2 Å². The van der Waals surface area contributed by atoms with E-state index in [0.717, 1.165) is 27.0 Å². The summed E-state index contributed by atoms with van der Waals surface area (Å²) in [4.78, 5) is 3.62. The second-order valence-electron chi connectivity index (χ2n) is 6.12. The Morgan fingerprint density at radius 1 is 1.30 bits per heavy atom. The second kappa shape index (κ2) is 7.49. The number of fused-ring (bicyclic) bond motifs is 1. The molecule has 0 bridgehead atoms. The van der Waals surface area contributed by atoms with Crippen LogP contribution >= 0.6 is 20.6 Å². The van der Waals surface area contributed by atoms with Gasteiger partial charge in [-0.1, -0.05) is 12.6 Å². The lowest BCUT2D eigenvalue weighted by molar-refractivity contribution is -0.141. The van der Waals surface area contributed by atoms with Gasteiger partial charge in [0.25, 0.3) is 0 Å². The summed E-state index contributed by atoms with van der Waals surface area (Å²) in [7, 11) is 2.65. The highest BCUT2D eigenvalue weighted by molar-refractivity contribution is 7.29. The van der Waals surface area contributed by atoms with Crippen molar-refractivity contribution in [1.82, 2.24) is 4.98 Å². The largest absolute Gasteiger partial charge is 0.513 e. The number of aliphatic hydroxyl groups is 1. The molecule has 142 valence electrons. The van der Waals surface area contributed by atoms with Gasteiger partial charge < -0.3 is 9.84 Å². The van der Waals surface area contributed by atoms with Gasteiger partial charge in [0, 0.05) is 27.8 Å². The number of ether oxygens (including phenoxy) is 1. The molecule has 3 rings (SSSR count). The monoisotopic (exact) mass is 411 g/mol. The minimum absolute atomic E-state index is 0.102. The van der Waals surface area contributed by atoms with Crippen molar-refractivity contribution < 1.29 is 23.0 Å². The zero-order chi connectivity index (χ0) is 19.8. The highest BCUT2D eigenvalue weighted by Gasteiger charge is 2.32. The number of aromatic nitrogens is 1. The molecule has 1 atom stereocenters. The van der Waals surface area contributed by atoms with Crippen LogP contribution in [0.2, 0.25) is 0 Å². The molecule has 1 N–H and O–H groups in total. The van der Waals surface area contributed by atoms with Crippen molar-refractivity contribution in [2.24, 2.45) is 0 Å². The topological polar surface area (TPSA) is 42.4 Å². The number of thiophene rings is 1. The Hall–Kier alpha value is -2.11. The van der Waals surface area contributed by atoms with Gasteiger partial charge >= 0.3 is 6.18 Å². The van der Waals surface area contributed by atoms with Gasteiger partial charge in [-0.05, 0) is 41.4 Å². The maximum Gasteiger partial charge on any atom is 0.433 e. The van der Waals surface area contributed by atoms with Gasteiger partial charge in [0.1, 0.15) is 18.1 Å². The fourth-order valence-corrected chi connectivity index (χ4v) is 4.37. The molecule has 0 radical (unpaired) electrons. The van der Waals surface area contributed by atoms with E-state index >= 15 is 0 Å². The summed E-state index contributed by atoms with van der Waals surface area (Å²) in [6.07, 6.45) is -4.07. The molecule has 0 saturated heterocycles. The molecule has 3 nitrogen and oxygen atoms in total. The molecule has 0 amide bonds. The van der Waals surface area contributed by atoms with Crippen LogP contribution in [0.15, 0.2) is 42.0 Å². The first-order chi connectivity index (χ1) is 12.6. The fourth-order valence-electron chi connectivity index (χ4n) is 2.74. The minimum Gasteiger partial charge on any atom is -0.513 e. The van der Waals surface area contributed by atoms with Crippen molar-refractivity contribution in [3.63, 3.8) is 0 Å². The highest BCUT2D eigenvalue weighted by atomic mass is 32.1. The molecular weight excluding hydrogens is 394 g/mol. The fraction of sp³-hybridized carbons (Fsp3) is 0.211. The number of aryl methyl sites for hydroxylation is 1. The minimum atomic E-state index is -4.46. The van der Waals surface area contributed by atoms with Crippen LogP contribution in [0, 0.1) is 6.92 Å². The second-order valence-corrected chi connectivity index (χ2v) is 7.65. The van der Waals surface area contributed by atoms with Gasteiger partial charge in [-0.3, -0.25) is 0 Å². The van der Waals surface area contributed by atoms with E-state index < -0.39 is 11.9 Å². The Morgan fingerprint density at radius 3 is 2.67 bits per heavy atom. The molecule has 0 saturated carbocycles. The van der Waals surface area contributed by atoms with Gasteiger partial charge in [-0.15, -0.1) is 20.6 Å². The molecule has 0 spiro atoms. The lowest BCUT2D eigenvalue weighted by Crippen LogP contribution is -2.10. The molecule has 3 aromatic rings. The number of allylic oxidation sites excluding steroid dienone is 1. The number of benzene rings is 1. The molecule has 8 heteroatoms. The predicted molar refractivity (Wildman–Crippen MR) is 105 cm³/mol. The van der Waals surface area contributed by atoms with E-state index in [1.165, 1.54) is 24.3 Å². The highest BCUT2D eigenvalue weighted by Crippen LogP contribution is 2.31. The van der Waals surface area contributed by atoms with E-state index in [9.17, 15) is 18.3 Å². The van der Waals surface area contributed by atoms with E-state index in [0.29, 0.717) is 17.7 Å². The summed E-state index contributed by atoms with van der Waals surface area (Å²) < 4.78 is 44.9. The van der Waals surface area contributed by atoms with E-state index in [1.807, 2.05) is 17.5 Å². The predicted octanol–water partition coefficient (Wildman–Crippen LogP) is 5.32. The Morgan fingerprint density at radius 2 is 2.04 bits per heavy atom. The third-order valence-electron chi connectivity index (χ3n) is 4.03. The summed E-state index contributed by atoms with van der Waals surface area (Å²) in [5.74, 6) is 0.715. The molecule has 0 aliphatic rings. The maximum atomic E-state index is 12.7. The van der Waals surface area contributed by atoms with Crippen LogP contribution < -0.4 is 10.0 Å². The zero-order valence-electron chi connectivity index (χ0n) is 14.4. The van der Waals surface area contributed by atoms with Gasteiger partial charge in [-0.25, -0.2) is 4.98 Å². The maximum absolute atomic E-state index is 12.7. The van der Waals surface area contributed by atoms with Crippen molar-refractivity contribution in [3.8, 4) is 5.75 Å². The van der Waals surface area contributed by atoms with Crippen LogP contribution in [0.1, 0.15) is 22.5 Å². The average Bonchev–Trinajstić information content (AvgIpc) is 2.95. The number of nitrogens with zero attached hydrogens (tertiary/aromatic N) is 1. The summed E-state index contributed by atoms with van der Waals surface area (Å²) in [6.45, 7) is 5.19. The average molecular weight is 411 g/mol. The molecule has 1 unspecified atom stereocenters. The number of hydrogen-bond acceptors (Lipinski definition) is 4. The Balaban J connectivity index is 1.81. The van der Waals surface area contributed by atoms with Crippen LogP contribution in [0.25, 0.3) is 10.1 Å². The lowest BCUT2D eigenvalue weighted by Gasteiger charge is -2.12. The third kappa shape index (κ3) is 4.42. The normalized spacial score (nSPS) is 11.7. The van der Waals surface area contributed by atoms with Crippen LogP contribution in [0.4, 0.5) is 13.2 Å². The number of pyridine rings is 1. The number of alkyl halides is 3. The van der Waals surface area contributed by atoms with Crippen molar-refractivity contribution in [2.45, 2.75) is 26.1 Å².